The van der Waals surface area contributed by atoms with Crippen LogP contribution < -0.4 is 4.74 Å². The zero-order valence-corrected chi connectivity index (χ0v) is 8.04. The predicted octanol–water partition coefficient (Wildman–Crippen LogP) is 2.27. The van der Waals surface area contributed by atoms with Crippen LogP contribution in [0, 0.1) is 13.8 Å². The zero-order chi connectivity index (χ0) is 9.68. The summed E-state index contributed by atoms with van der Waals surface area (Å²) in [5.41, 5.74) is 2.23. The Morgan fingerprint density at radius 2 is 1.92 bits per heavy atom. The minimum absolute atomic E-state index is 0.452. The second kappa shape index (κ2) is 4.65. The maximum absolute atomic E-state index is 10.1. The smallest absolute Gasteiger partial charge is 0.125 e. The predicted molar refractivity (Wildman–Crippen MR) is 52.1 cm³/mol. The van der Waals surface area contributed by atoms with E-state index in [4.69, 9.17) is 4.74 Å². The molecular formula is C11H14O2. The molecule has 0 aliphatic carbocycles. The normalized spacial score (nSPS) is 9.69. The molecule has 0 atom stereocenters. The molecule has 1 aromatic rings. The largest absolute Gasteiger partial charge is 0.493 e. The minimum Gasteiger partial charge on any atom is -0.493 e. The molecule has 0 bridgehead atoms. The Morgan fingerprint density at radius 3 is 2.46 bits per heavy atom. The van der Waals surface area contributed by atoms with E-state index < -0.39 is 0 Å². The molecule has 1 rings (SSSR count). The molecule has 0 saturated carbocycles. The molecule has 0 aromatic heterocycles. The van der Waals surface area contributed by atoms with Crippen LogP contribution in [0.3, 0.4) is 0 Å². The molecule has 0 fully saturated rings. The minimum atomic E-state index is 0.452. The molecule has 0 unspecified atom stereocenters. The van der Waals surface area contributed by atoms with Gasteiger partial charge in [0.25, 0.3) is 0 Å². The first-order chi connectivity index (χ1) is 6.25. The molecule has 0 spiro atoms. The van der Waals surface area contributed by atoms with Gasteiger partial charge in [-0.1, -0.05) is 18.2 Å². The van der Waals surface area contributed by atoms with Crippen molar-refractivity contribution in [3.63, 3.8) is 0 Å². The number of ether oxygens (including phenoxy) is 1. The molecule has 70 valence electrons. The fourth-order valence-electron chi connectivity index (χ4n) is 1.24. The van der Waals surface area contributed by atoms with Gasteiger partial charge in [0.2, 0.25) is 0 Å². The van der Waals surface area contributed by atoms with E-state index in [-0.39, 0.29) is 0 Å². The van der Waals surface area contributed by atoms with E-state index >= 15 is 0 Å². The molecule has 0 heterocycles. The molecule has 0 saturated heterocycles. The summed E-state index contributed by atoms with van der Waals surface area (Å²) in [6.45, 7) is 4.47. The first-order valence-electron chi connectivity index (χ1n) is 4.38. The number of aldehydes is 1. The van der Waals surface area contributed by atoms with Crippen LogP contribution in [0.1, 0.15) is 17.5 Å². The number of carbonyl (C=O) groups is 1. The molecular weight excluding hydrogens is 164 g/mol. The molecule has 0 N–H and O–H groups in total. The maximum atomic E-state index is 10.1. The van der Waals surface area contributed by atoms with E-state index in [0.717, 1.165) is 23.2 Å². The van der Waals surface area contributed by atoms with Gasteiger partial charge >= 0.3 is 0 Å². The summed E-state index contributed by atoms with van der Waals surface area (Å²) in [5.74, 6) is 0.907. The van der Waals surface area contributed by atoms with Crippen molar-refractivity contribution in [2.24, 2.45) is 0 Å². The third kappa shape index (κ3) is 2.58. The van der Waals surface area contributed by atoms with Gasteiger partial charge in [-0.3, -0.25) is 0 Å². The van der Waals surface area contributed by atoms with E-state index in [0.29, 0.717) is 13.0 Å². The average molecular weight is 178 g/mol. The highest BCUT2D eigenvalue weighted by Crippen LogP contribution is 2.22. The van der Waals surface area contributed by atoms with Crippen LogP contribution in [0.25, 0.3) is 0 Å². The molecule has 13 heavy (non-hydrogen) atoms. The summed E-state index contributed by atoms with van der Waals surface area (Å²) in [6.07, 6.45) is 1.32. The Morgan fingerprint density at radius 1 is 1.31 bits per heavy atom. The first-order valence-corrected chi connectivity index (χ1v) is 4.38. The van der Waals surface area contributed by atoms with Crippen LogP contribution in [-0.4, -0.2) is 12.9 Å². The van der Waals surface area contributed by atoms with Gasteiger partial charge in [0.05, 0.1) is 6.61 Å². The van der Waals surface area contributed by atoms with Gasteiger partial charge < -0.3 is 9.53 Å². The molecule has 2 heteroatoms. The van der Waals surface area contributed by atoms with Crippen molar-refractivity contribution in [1.29, 1.82) is 0 Å². The highest BCUT2D eigenvalue weighted by molar-refractivity contribution is 5.49. The summed E-state index contributed by atoms with van der Waals surface area (Å²) in [6, 6.07) is 6.00. The molecule has 0 aliphatic rings. The Kier molecular flexibility index (Phi) is 3.50. The number of rotatable bonds is 4. The van der Waals surface area contributed by atoms with Gasteiger partial charge in [-0.2, -0.15) is 0 Å². The highest BCUT2D eigenvalue weighted by atomic mass is 16.5. The number of hydrogen-bond acceptors (Lipinski definition) is 2. The number of benzene rings is 1. The van der Waals surface area contributed by atoms with Gasteiger partial charge in [-0.15, -0.1) is 0 Å². The van der Waals surface area contributed by atoms with Crippen LogP contribution in [-0.2, 0) is 4.79 Å². The van der Waals surface area contributed by atoms with Crippen molar-refractivity contribution in [3.05, 3.63) is 29.3 Å². The summed E-state index contributed by atoms with van der Waals surface area (Å²) in [5, 5.41) is 0. The third-order valence-corrected chi connectivity index (χ3v) is 1.89. The number of hydrogen-bond donors (Lipinski definition) is 0. The van der Waals surface area contributed by atoms with Gasteiger partial charge in [-0.05, 0) is 25.0 Å². The Bertz CT molecular complexity index is 272. The van der Waals surface area contributed by atoms with Crippen LogP contribution in [0.4, 0.5) is 0 Å². The summed E-state index contributed by atoms with van der Waals surface area (Å²) in [4.78, 5) is 10.1. The Hall–Kier alpha value is -1.31. The van der Waals surface area contributed by atoms with E-state index in [1.807, 2.05) is 32.0 Å². The fourth-order valence-corrected chi connectivity index (χ4v) is 1.24. The lowest BCUT2D eigenvalue weighted by molar-refractivity contribution is -0.108. The van der Waals surface area contributed by atoms with Crippen LogP contribution in [0.2, 0.25) is 0 Å². The van der Waals surface area contributed by atoms with Crippen molar-refractivity contribution in [1.82, 2.24) is 0 Å². The number of aryl methyl sites for hydroxylation is 2. The third-order valence-electron chi connectivity index (χ3n) is 1.89. The first kappa shape index (κ1) is 9.78. The average Bonchev–Trinajstić information content (AvgIpc) is 2.10. The van der Waals surface area contributed by atoms with Gasteiger partial charge in [-0.25, -0.2) is 0 Å². The van der Waals surface area contributed by atoms with E-state index in [1.54, 1.807) is 0 Å². The van der Waals surface area contributed by atoms with Crippen molar-refractivity contribution in [2.45, 2.75) is 20.3 Å². The molecule has 0 radical (unpaired) electrons. The monoisotopic (exact) mass is 178 g/mol. The summed E-state index contributed by atoms with van der Waals surface area (Å²) < 4.78 is 5.48. The Balaban J connectivity index is 2.69. The fraction of sp³-hybridized carbons (Fsp3) is 0.364. The summed E-state index contributed by atoms with van der Waals surface area (Å²) in [7, 11) is 0. The van der Waals surface area contributed by atoms with Gasteiger partial charge in [0, 0.05) is 6.42 Å². The lowest BCUT2D eigenvalue weighted by atomic mass is 10.1. The van der Waals surface area contributed by atoms with Gasteiger partial charge in [0.1, 0.15) is 12.0 Å². The second-order valence-corrected chi connectivity index (χ2v) is 3.02. The highest BCUT2D eigenvalue weighted by Gasteiger charge is 2.01. The van der Waals surface area contributed by atoms with Crippen molar-refractivity contribution in [3.8, 4) is 5.75 Å². The Labute approximate surface area is 78.5 Å². The molecule has 2 nitrogen and oxygen atoms in total. The second-order valence-electron chi connectivity index (χ2n) is 3.02. The van der Waals surface area contributed by atoms with Crippen molar-refractivity contribution >= 4 is 6.29 Å². The van der Waals surface area contributed by atoms with Crippen molar-refractivity contribution < 1.29 is 9.53 Å². The quantitative estimate of drug-likeness (QED) is 0.522. The van der Waals surface area contributed by atoms with Crippen molar-refractivity contribution in [2.75, 3.05) is 6.61 Å². The molecule has 1 aromatic carbocycles. The van der Waals surface area contributed by atoms with Gasteiger partial charge in [0.15, 0.2) is 0 Å². The zero-order valence-electron chi connectivity index (χ0n) is 8.04. The van der Waals surface area contributed by atoms with Crippen LogP contribution in [0.5, 0.6) is 5.75 Å². The van der Waals surface area contributed by atoms with Crippen LogP contribution in [0.15, 0.2) is 18.2 Å². The SMILES string of the molecule is Cc1cccc(C)c1OCCC=O. The number of carbonyl (C=O) groups excluding carboxylic acids is 1. The number of para-hydroxylation sites is 1. The molecule has 0 amide bonds. The summed E-state index contributed by atoms with van der Waals surface area (Å²) >= 11 is 0. The van der Waals surface area contributed by atoms with E-state index in [1.165, 1.54) is 0 Å². The van der Waals surface area contributed by atoms with Crippen LogP contribution >= 0.6 is 0 Å². The van der Waals surface area contributed by atoms with E-state index in [9.17, 15) is 4.79 Å². The topological polar surface area (TPSA) is 26.3 Å². The maximum Gasteiger partial charge on any atom is 0.125 e. The molecule has 0 aliphatic heterocycles. The lowest BCUT2D eigenvalue weighted by Crippen LogP contribution is -2.00. The van der Waals surface area contributed by atoms with E-state index in [2.05, 4.69) is 0 Å². The lowest BCUT2D eigenvalue weighted by Gasteiger charge is -2.10. The standard InChI is InChI=1S/C11H14O2/c1-9-5-3-6-10(2)11(9)13-8-4-7-12/h3,5-7H,4,8H2,1-2H3.